The van der Waals surface area contributed by atoms with Gasteiger partial charge in [0.2, 0.25) is 0 Å². The van der Waals surface area contributed by atoms with Gasteiger partial charge in [0.25, 0.3) is 0 Å². The van der Waals surface area contributed by atoms with E-state index in [0.717, 1.165) is 4.90 Å². The van der Waals surface area contributed by atoms with Gasteiger partial charge in [-0.1, -0.05) is 52.7 Å². The smallest absolute Gasteiger partial charge is 0.143 e. The molecule has 17 heavy (non-hydrogen) atoms. The lowest BCUT2D eigenvalue weighted by Crippen LogP contribution is -1.93. The minimum atomic E-state index is 0.297. The number of anilines is 1. The summed E-state index contributed by atoms with van der Waals surface area (Å²) in [4.78, 5) is 5.24. The number of aryl methyl sites for hydroxylation is 1. The predicted octanol–water partition coefficient (Wildman–Crippen LogP) is 4.43. The number of halogens is 2. The van der Waals surface area contributed by atoms with Crippen LogP contribution in [0.25, 0.3) is 0 Å². The van der Waals surface area contributed by atoms with Crippen LogP contribution in [0.1, 0.15) is 5.56 Å². The van der Waals surface area contributed by atoms with Crippen LogP contribution in [0.5, 0.6) is 0 Å². The molecule has 0 atom stereocenters. The van der Waals surface area contributed by atoms with Gasteiger partial charge in [0.05, 0.1) is 10.0 Å². The molecule has 0 saturated carbocycles. The summed E-state index contributed by atoms with van der Waals surface area (Å²) in [6, 6.07) is 9.71. The molecule has 0 fully saturated rings. The molecule has 0 bridgehead atoms. The van der Waals surface area contributed by atoms with Crippen LogP contribution in [0.3, 0.4) is 0 Å². The number of hydrogen-bond donors (Lipinski definition) is 1. The highest BCUT2D eigenvalue weighted by Gasteiger charge is 2.08. The third-order valence-electron chi connectivity index (χ3n) is 2.13. The third-order valence-corrected chi connectivity index (χ3v) is 3.83. The Morgan fingerprint density at radius 3 is 2.65 bits per heavy atom. The van der Waals surface area contributed by atoms with Crippen molar-refractivity contribution < 1.29 is 0 Å². The number of aromatic nitrogens is 1. The first-order valence-electron chi connectivity index (χ1n) is 4.92. The fourth-order valence-corrected chi connectivity index (χ4v) is 2.71. The largest absolute Gasteiger partial charge is 0.382 e. The number of nitrogens with zero attached hydrogens (tertiary/aromatic N) is 1. The first kappa shape index (κ1) is 12.6. The molecule has 2 N–H and O–H groups in total. The van der Waals surface area contributed by atoms with E-state index in [1.165, 1.54) is 17.3 Å². The van der Waals surface area contributed by atoms with Gasteiger partial charge in [-0.25, -0.2) is 4.98 Å². The second kappa shape index (κ2) is 5.17. The van der Waals surface area contributed by atoms with Crippen molar-refractivity contribution in [2.24, 2.45) is 0 Å². The van der Waals surface area contributed by atoms with E-state index in [4.69, 9.17) is 28.9 Å². The molecule has 5 heteroatoms. The van der Waals surface area contributed by atoms with E-state index in [2.05, 4.69) is 11.1 Å². The molecule has 2 nitrogen and oxygen atoms in total. The summed E-state index contributed by atoms with van der Waals surface area (Å²) in [5, 5.41) is 1.55. The fraction of sp³-hybridized carbons (Fsp3) is 0.0833. The predicted molar refractivity (Wildman–Crippen MR) is 74.0 cm³/mol. The van der Waals surface area contributed by atoms with E-state index in [0.29, 0.717) is 20.9 Å². The number of nitrogen functional groups attached to an aromatic ring is 1. The Labute approximate surface area is 114 Å². The van der Waals surface area contributed by atoms with Gasteiger partial charge in [0.15, 0.2) is 0 Å². The zero-order chi connectivity index (χ0) is 12.4. The van der Waals surface area contributed by atoms with Crippen molar-refractivity contribution in [1.82, 2.24) is 4.98 Å². The van der Waals surface area contributed by atoms with Crippen LogP contribution in [0.15, 0.2) is 40.3 Å². The second-order valence-electron chi connectivity index (χ2n) is 3.56. The normalized spacial score (nSPS) is 10.5. The summed E-state index contributed by atoms with van der Waals surface area (Å²) in [6.07, 6.45) is 0. The van der Waals surface area contributed by atoms with E-state index in [-0.39, 0.29) is 0 Å². The lowest BCUT2D eigenvalue weighted by atomic mass is 10.2. The number of hydrogen-bond acceptors (Lipinski definition) is 3. The van der Waals surface area contributed by atoms with Gasteiger partial charge < -0.3 is 5.73 Å². The quantitative estimate of drug-likeness (QED) is 0.887. The molecule has 0 radical (unpaired) electrons. The maximum atomic E-state index is 6.07. The highest BCUT2D eigenvalue weighted by Crippen LogP contribution is 2.35. The first-order valence-corrected chi connectivity index (χ1v) is 6.49. The lowest BCUT2D eigenvalue weighted by molar-refractivity contribution is 1.14. The Balaban J connectivity index is 2.33. The fourth-order valence-electron chi connectivity index (χ4n) is 1.33. The summed E-state index contributed by atoms with van der Waals surface area (Å²) >= 11 is 13.4. The molecule has 1 aromatic carbocycles. The first-order chi connectivity index (χ1) is 8.06. The molecule has 2 rings (SSSR count). The number of benzene rings is 1. The zero-order valence-corrected chi connectivity index (χ0v) is 11.4. The van der Waals surface area contributed by atoms with Crippen LogP contribution in [0.4, 0.5) is 5.82 Å². The van der Waals surface area contributed by atoms with Crippen molar-refractivity contribution in [3.8, 4) is 0 Å². The maximum Gasteiger partial charge on any atom is 0.143 e. The van der Waals surface area contributed by atoms with Gasteiger partial charge in [-0.2, -0.15) is 0 Å². The number of nitrogens with two attached hydrogens (primary N) is 1. The molecule has 0 aliphatic rings. The third kappa shape index (κ3) is 3.06. The molecule has 0 amide bonds. The number of pyridine rings is 1. The summed E-state index contributed by atoms with van der Waals surface area (Å²) in [7, 11) is 0. The lowest BCUT2D eigenvalue weighted by Gasteiger charge is -2.06. The molecular formula is C12H10Cl2N2S. The Kier molecular flexibility index (Phi) is 3.82. The van der Waals surface area contributed by atoms with Crippen LogP contribution in [0, 0.1) is 6.92 Å². The topological polar surface area (TPSA) is 38.9 Å². The van der Waals surface area contributed by atoms with E-state index < -0.39 is 0 Å². The minimum absolute atomic E-state index is 0.297. The monoisotopic (exact) mass is 284 g/mol. The standard InChI is InChI=1S/C12H10Cl2N2S/c1-7-3-2-4-8(5-7)17-12-10(14)6-9(13)11(15)16-12/h2-6H,1H3,(H2,15,16). The highest BCUT2D eigenvalue weighted by atomic mass is 35.5. The van der Waals surface area contributed by atoms with Gasteiger partial charge in [-0.15, -0.1) is 0 Å². The minimum Gasteiger partial charge on any atom is -0.382 e. The van der Waals surface area contributed by atoms with Gasteiger partial charge >= 0.3 is 0 Å². The molecule has 88 valence electrons. The second-order valence-corrected chi connectivity index (χ2v) is 5.44. The van der Waals surface area contributed by atoms with E-state index in [9.17, 15) is 0 Å². The molecule has 0 aliphatic carbocycles. The maximum absolute atomic E-state index is 6.07. The highest BCUT2D eigenvalue weighted by molar-refractivity contribution is 7.99. The van der Waals surface area contributed by atoms with Gasteiger partial charge in [-0.3, -0.25) is 0 Å². The molecule has 2 aromatic rings. The van der Waals surface area contributed by atoms with Crippen molar-refractivity contribution in [1.29, 1.82) is 0 Å². The molecule has 0 saturated heterocycles. The van der Waals surface area contributed by atoms with Crippen molar-refractivity contribution in [2.45, 2.75) is 16.8 Å². The van der Waals surface area contributed by atoms with Crippen molar-refractivity contribution >= 4 is 40.8 Å². The number of rotatable bonds is 2. The van der Waals surface area contributed by atoms with Crippen molar-refractivity contribution in [3.05, 3.63) is 45.9 Å². The molecule has 1 heterocycles. The van der Waals surface area contributed by atoms with E-state index >= 15 is 0 Å². The molecule has 0 unspecified atom stereocenters. The summed E-state index contributed by atoms with van der Waals surface area (Å²) < 4.78 is 0. The Bertz CT molecular complexity index is 558. The zero-order valence-electron chi connectivity index (χ0n) is 9.08. The Morgan fingerprint density at radius 1 is 1.18 bits per heavy atom. The van der Waals surface area contributed by atoms with Crippen molar-refractivity contribution in [2.75, 3.05) is 5.73 Å². The van der Waals surface area contributed by atoms with Gasteiger partial charge in [0, 0.05) is 4.90 Å². The van der Waals surface area contributed by atoms with Crippen LogP contribution in [-0.2, 0) is 0 Å². The molecule has 0 aliphatic heterocycles. The molecular weight excluding hydrogens is 275 g/mol. The Morgan fingerprint density at radius 2 is 1.94 bits per heavy atom. The summed E-state index contributed by atoms with van der Waals surface area (Å²) in [6.45, 7) is 2.04. The van der Waals surface area contributed by atoms with Crippen LogP contribution >= 0.6 is 35.0 Å². The van der Waals surface area contributed by atoms with Gasteiger partial charge in [0.1, 0.15) is 10.8 Å². The molecule has 1 aromatic heterocycles. The van der Waals surface area contributed by atoms with Gasteiger partial charge in [-0.05, 0) is 25.1 Å². The van der Waals surface area contributed by atoms with Crippen LogP contribution < -0.4 is 5.73 Å². The average molecular weight is 285 g/mol. The summed E-state index contributed by atoms with van der Waals surface area (Å²) in [5.74, 6) is 0.297. The average Bonchev–Trinajstić information content (AvgIpc) is 2.26. The molecule has 0 spiro atoms. The van der Waals surface area contributed by atoms with Crippen LogP contribution in [-0.4, -0.2) is 4.98 Å². The summed E-state index contributed by atoms with van der Waals surface area (Å²) in [5.41, 5.74) is 6.85. The van der Waals surface area contributed by atoms with Crippen molar-refractivity contribution in [3.63, 3.8) is 0 Å². The SMILES string of the molecule is Cc1cccc(Sc2nc(N)c(Cl)cc2Cl)c1. The Hall–Kier alpha value is -0.900. The van der Waals surface area contributed by atoms with E-state index in [1.54, 1.807) is 6.07 Å². The van der Waals surface area contributed by atoms with E-state index in [1.807, 2.05) is 25.1 Å². The van der Waals surface area contributed by atoms with Crippen LogP contribution in [0.2, 0.25) is 10.0 Å².